The number of ether oxygens (including phenoxy) is 2. The smallest absolute Gasteiger partial charge is 0.319 e. The van der Waals surface area contributed by atoms with Crippen molar-refractivity contribution in [2.45, 2.75) is 70.0 Å². The molecule has 240 valence electrons. The lowest BCUT2D eigenvalue weighted by molar-refractivity contribution is 0.108. The number of hydrogen-bond acceptors (Lipinski definition) is 9. The van der Waals surface area contributed by atoms with Crippen molar-refractivity contribution in [3.63, 3.8) is 0 Å². The highest BCUT2D eigenvalue weighted by molar-refractivity contribution is 5.99. The van der Waals surface area contributed by atoms with Crippen molar-refractivity contribution in [1.82, 2.24) is 25.2 Å². The Morgan fingerprint density at radius 2 is 1.69 bits per heavy atom. The average Bonchev–Trinajstić information content (AvgIpc) is 3.74. The lowest BCUT2D eigenvalue weighted by atomic mass is 9.95. The van der Waals surface area contributed by atoms with Crippen molar-refractivity contribution in [3.8, 4) is 23.0 Å². The van der Waals surface area contributed by atoms with Gasteiger partial charge in [0, 0.05) is 51.2 Å². The number of phenols is 1. The van der Waals surface area contributed by atoms with E-state index in [0.717, 1.165) is 62.6 Å². The minimum atomic E-state index is -0.526. The van der Waals surface area contributed by atoms with E-state index in [4.69, 9.17) is 9.72 Å². The van der Waals surface area contributed by atoms with E-state index >= 15 is 4.39 Å². The Morgan fingerprint density at radius 1 is 1.00 bits per heavy atom. The summed E-state index contributed by atoms with van der Waals surface area (Å²) in [5.74, 6) is 0.223. The zero-order chi connectivity index (χ0) is 31.6. The summed E-state index contributed by atoms with van der Waals surface area (Å²) < 4.78 is 27.1. The predicted molar refractivity (Wildman–Crippen MR) is 177 cm³/mol. The third kappa shape index (κ3) is 6.03. The fraction of sp³-hybridized carbons (Fsp3) is 0.514. The second-order valence-corrected chi connectivity index (χ2v) is 12.4. The third-order valence-corrected chi connectivity index (χ3v) is 9.54. The van der Waals surface area contributed by atoms with Gasteiger partial charge in [-0.25, -0.2) is 4.39 Å². The van der Waals surface area contributed by atoms with Gasteiger partial charge in [0.1, 0.15) is 29.4 Å². The second kappa shape index (κ2) is 13.4. The van der Waals surface area contributed by atoms with Crippen molar-refractivity contribution in [2.75, 3.05) is 51.9 Å². The van der Waals surface area contributed by atoms with E-state index in [9.17, 15) is 5.11 Å². The van der Waals surface area contributed by atoms with E-state index < -0.39 is 5.82 Å². The third-order valence-electron chi connectivity index (χ3n) is 9.54. The topological polar surface area (TPSA) is 95.9 Å². The molecule has 2 aromatic heterocycles. The van der Waals surface area contributed by atoms with Gasteiger partial charge in [0.05, 0.1) is 10.9 Å². The molecule has 2 N–H and O–H groups in total. The van der Waals surface area contributed by atoms with E-state index in [1.807, 2.05) is 38.1 Å². The molecule has 2 aromatic carbocycles. The molecule has 8 rings (SSSR count). The highest BCUT2D eigenvalue weighted by Crippen LogP contribution is 2.40. The molecule has 0 saturated carbocycles. The molecule has 4 aliphatic rings. The van der Waals surface area contributed by atoms with Crippen LogP contribution in [0, 0.1) is 5.82 Å². The van der Waals surface area contributed by atoms with Crippen LogP contribution in [0.1, 0.15) is 52.4 Å². The molecule has 2 atom stereocenters. The van der Waals surface area contributed by atoms with Crippen LogP contribution in [0.25, 0.3) is 32.9 Å². The van der Waals surface area contributed by atoms with Gasteiger partial charge in [-0.1, -0.05) is 38.1 Å². The number of piperazine rings is 1. The first-order chi connectivity index (χ1) is 22.0. The monoisotopic (exact) mass is 616 g/mol. The Morgan fingerprint density at radius 3 is 2.40 bits per heavy atom. The van der Waals surface area contributed by atoms with E-state index in [0.29, 0.717) is 35.5 Å². The maximum absolute atomic E-state index is 16.5. The minimum absolute atomic E-state index is 0.0368. The fourth-order valence-electron chi connectivity index (χ4n) is 7.64. The number of halogens is 1. The Labute approximate surface area is 264 Å². The summed E-state index contributed by atoms with van der Waals surface area (Å²) in [4.78, 5) is 19.0. The summed E-state index contributed by atoms with van der Waals surface area (Å²) >= 11 is 0. The number of pyridine rings is 1. The second-order valence-electron chi connectivity index (χ2n) is 12.4. The Kier molecular flexibility index (Phi) is 9.35. The number of nitrogens with zero attached hydrogens (tertiary/aromatic N) is 5. The molecule has 45 heavy (non-hydrogen) atoms. The number of anilines is 1. The number of aromatic nitrogens is 3. The molecule has 10 heteroatoms. The summed E-state index contributed by atoms with van der Waals surface area (Å²) in [6.07, 6.45) is 8.53. The standard InChI is InChI=1S/C31H33FN6O2.C2H6O.C2H6/c32-26-27(24-14-22(39)13-19-5-1-2-6-23(19)24)33-15-25-28(26)35-30(40-18-31-9-3-11-38(31)12-4-10-31)36-29(25)37-16-20-7-8-21(17-37)34-20;1-3-2;1-2/h1-2,5-6,13-15,20-21,34,39H,3-4,7-12,16-18H2;1-2H3;1-2H3. The molecule has 0 aliphatic carbocycles. The molecule has 4 aromatic rings. The summed E-state index contributed by atoms with van der Waals surface area (Å²) in [6, 6.07) is 11.9. The molecule has 2 unspecified atom stereocenters. The van der Waals surface area contributed by atoms with E-state index in [-0.39, 0.29) is 28.5 Å². The van der Waals surface area contributed by atoms with Gasteiger partial charge in [-0.2, -0.15) is 9.97 Å². The van der Waals surface area contributed by atoms with Crippen molar-refractivity contribution >= 4 is 27.5 Å². The summed E-state index contributed by atoms with van der Waals surface area (Å²) in [7, 11) is 3.25. The first-order valence-electron chi connectivity index (χ1n) is 16.4. The van der Waals surface area contributed by atoms with Gasteiger partial charge in [0.15, 0.2) is 5.82 Å². The Balaban J connectivity index is 0.000000676. The molecule has 6 heterocycles. The molecule has 4 fully saturated rings. The maximum atomic E-state index is 16.5. The van der Waals surface area contributed by atoms with E-state index in [1.165, 1.54) is 12.8 Å². The van der Waals surface area contributed by atoms with Crippen LogP contribution in [-0.2, 0) is 4.74 Å². The van der Waals surface area contributed by atoms with Crippen LogP contribution in [0.5, 0.6) is 11.8 Å². The fourth-order valence-corrected chi connectivity index (χ4v) is 7.64. The zero-order valence-electron chi connectivity index (χ0n) is 26.9. The Hall–Kier alpha value is -3.60. The van der Waals surface area contributed by atoms with E-state index in [2.05, 4.69) is 29.8 Å². The molecular weight excluding hydrogens is 571 g/mol. The molecule has 0 amide bonds. The van der Waals surface area contributed by atoms with Crippen LogP contribution in [-0.4, -0.2) is 89.6 Å². The normalized spacial score (nSPS) is 21.7. The van der Waals surface area contributed by atoms with Crippen molar-refractivity contribution < 1.29 is 19.0 Å². The molecule has 9 nitrogen and oxygen atoms in total. The van der Waals surface area contributed by atoms with Crippen molar-refractivity contribution in [3.05, 3.63) is 48.4 Å². The number of phenolic OH excluding ortho intramolecular Hbond substituents is 1. The minimum Gasteiger partial charge on any atom is -0.508 e. The van der Waals surface area contributed by atoms with Crippen LogP contribution < -0.4 is 15.0 Å². The summed E-state index contributed by atoms with van der Waals surface area (Å²) in [6.45, 7) is 8.35. The van der Waals surface area contributed by atoms with Crippen LogP contribution in [0.15, 0.2) is 42.6 Å². The summed E-state index contributed by atoms with van der Waals surface area (Å²) in [5, 5.41) is 16.3. The van der Waals surface area contributed by atoms with Gasteiger partial charge in [-0.05, 0) is 74.5 Å². The average molecular weight is 617 g/mol. The molecule has 2 bridgehead atoms. The number of hydrogen-bond donors (Lipinski definition) is 2. The van der Waals surface area contributed by atoms with Crippen molar-refractivity contribution in [1.29, 1.82) is 0 Å². The molecule has 4 saturated heterocycles. The number of benzene rings is 2. The zero-order valence-corrected chi connectivity index (χ0v) is 26.9. The molecule has 0 spiro atoms. The van der Waals surface area contributed by atoms with Gasteiger partial charge in [0.25, 0.3) is 0 Å². The van der Waals surface area contributed by atoms with Crippen molar-refractivity contribution in [2.24, 2.45) is 0 Å². The van der Waals surface area contributed by atoms with Crippen LogP contribution in [0.3, 0.4) is 0 Å². The first kappa shape index (κ1) is 31.4. The SMILES string of the molecule is CC.COC.Oc1cc(-c2ncc3c(N4CC5CCC(C4)N5)nc(OCC45CCCN4CCC5)nc3c2F)c2ccccc2c1. The molecule has 4 aliphatic heterocycles. The van der Waals surface area contributed by atoms with Crippen LogP contribution >= 0.6 is 0 Å². The van der Waals surface area contributed by atoms with Gasteiger partial charge in [-0.15, -0.1) is 0 Å². The number of methoxy groups -OCH3 is 1. The summed E-state index contributed by atoms with van der Waals surface area (Å²) in [5.41, 5.74) is 0.932. The van der Waals surface area contributed by atoms with Crippen LogP contribution in [0.2, 0.25) is 0 Å². The van der Waals surface area contributed by atoms with Gasteiger partial charge in [-0.3, -0.25) is 9.88 Å². The molecular formula is C35H45FN6O3. The largest absolute Gasteiger partial charge is 0.508 e. The lowest BCUT2D eigenvalue weighted by Gasteiger charge is -2.34. The van der Waals surface area contributed by atoms with Crippen LogP contribution in [0.4, 0.5) is 10.2 Å². The van der Waals surface area contributed by atoms with Gasteiger partial charge < -0.3 is 24.8 Å². The van der Waals surface area contributed by atoms with Gasteiger partial charge >= 0.3 is 6.01 Å². The quantitative estimate of drug-likeness (QED) is 0.283. The lowest BCUT2D eigenvalue weighted by Crippen LogP contribution is -2.51. The highest BCUT2D eigenvalue weighted by atomic mass is 19.1. The Bertz CT molecular complexity index is 1630. The number of nitrogens with one attached hydrogen (secondary N) is 1. The highest BCUT2D eigenvalue weighted by Gasteiger charge is 2.45. The molecule has 0 radical (unpaired) electrons. The first-order valence-corrected chi connectivity index (χ1v) is 16.4. The maximum Gasteiger partial charge on any atom is 0.319 e. The number of rotatable bonds is 5. The van der Waals surface area contributed by atoms with Gasteiger partial charge in [0.2, 0.25) is 0 Å². The van der Waals surface area contributed by atoms with E-state index in [1.54, 1.807) is 32.5 Å². The predicted octanol–water partition coefficient (Wildman–Crippen LogP) is 5.93. The number of fused-ring (bicyclic) bond motifs is 5. The number of aromatic hydroxyl groups is 1.